The molecule has 1 fully saturated rings. The van der Waals surface area contributed by atoms with E-state index in [9.17, 15) is 4.79 Å². The molecule has 0 bridgehead atoms. The number of thiazole rings is 1. The Morgan fingerprint density at radius 1 is 1.22 bits per heavy atom. The average Bonchev–Trinajstić information content (AvgIpc) is 3.26. The summed E-state index contributed by atoms with van der Waals surface area (Å²) in [5.41, 5.74) is 10.1. The smallest absolute Gasteiger partial charge is 0.230 e. The van der Waals surface area contributed by atoms with Gasteiger partial charge in [0.2, 0.25) is 5.91 Å². The van der Waals surface area contributed by atoms with Crippen molar-refractivity contribution in [3.8, 4) is 0 Å². The molecule has 1 saturated heterocycles. The van der Waals surface area contributed by atoms with Gasteiger partial charge in [0.05, 0.1) is 21.5 Å². The van der Waals surface area contributed by atoms with Gasteiger partial charge in [0, 0.05) is 36.8 Å². The van der Waals surface area contributed by atoms with Gasteiger partial charge < -0.3 is 11.1 Å². The first-order valence-electron chi connectivity index (χ1n) is 10.7. The molecule has 1 aliphatic heterocycles. The van der Waals surface area contributed by atoms with Crippen molar-refractivity contribution in [2.24, 2.45) is 5.73 Å². The van der Waals surface area contributed by atoms with Crippen molar-refractivity contribution in [3.63, 3.8) is 0 Å². The van der Waals surface area contributed by atoms with Crippen LogP contribution in [0.4, 0.5) is 0 Å². The quantitative estimate of drug-likeness (QED) is 0.493. The van der Waals surface area contributed by atoms with Gasteiger partial charge in [0.15, 0.2) is 4.34 Å². The van der Waals surface area contributed by atoms with Gasteiger partial charge in [-0.2, -0.15) is 0 Å². The summed E-state index contributed by atoms with van der Waals surface area (Å²) in [7, 11) is 0. The molecule has 4 rings (SSSR count). The standard InChI is InChI=1S/C23H26Cl2N4OS2/c24-19-6-1-15(11-20(19)25)12-29-9-7-18(8-10-29)27-22(30)14-32-23-28-21(13-31-23)16-2-4-17(26)5-3-16/h1-2,4,6,11,13,18H,3,5,7-10,12,14,26H2,(H,27,30). The van der Waals surface area contributed by atoms with Gasteiger partial charge in [-0.1, -0.05) is 47.1 Å². The van der Waals surface area contributed by atoms with Crippen molar-refractivity contribution in [1.29, 1.82) is 0 Å². The lowest BCUT2D eigenvalue weighted by atomic mass is 10.0. The number of halogens is 2. The van der Waals surface area contributed by atoms with Gasteiger partial charge in [-0.3, -0.25) is 9.69 Å². The fraction of sp³-hybridized carbons (Fsp3) is 0.391. The number of allylic oxidation sites excluding steroid dienone is 4. The minimum absolute atomic E-state index is 0.0715. The van der Waals surface area contributed by atoms with E-state index in [0.29, 0.717) is 15.8 Å². The van der Waals surface area contributed by atoms with Crippen LogP contribution >= 0.6 is 46.3 Å². The number of piperidine rings is 1. The Hall–Kier alpha value is -1.51. The summed E-state index contributed by atoms with van der Waals surface area (Å²) < 4.78 is 0.926. The fourth-order valence-corrected chi connectivity index (χ4v) is 5.85. The van der Waals surface area contributed by atoms with Crippen molar-refractivity contribution in [1.82, 2.24) is 15.2 Å². The lowest BCUT2D eigenvalue weighted by molar-refractivity contribution is -0.119. The molecule has 0 spiro atoms. The zero-order valence-corrected chi connectivity index (χ0v) is 20.8. The van der Waals surface area contributed by atoms with Crippen molar-refractivity contribution in [2.45, 2.75) is 42.6 Å². The van der Waals surface area contributed by atoms with E-state index in [4.69, 9.17) is 28.9 Å². The molecule has 0 unspecified atom stereocenters. The molecule has 0 saturated carbocycles. The third kappa shape index (κ3) is 6.51. The zero-order valence-electron chi connectivity index (χ0n) is 17.7. The van der Waals surface area contributed by atoms with Crippen molar-refractivity contribution in [2.75, 3.05) is 18.8 Å². The number of nitrogens with zero attached hydrogens (tertiary/aromatic N) is 2. The molecule has 2 aromatic rings. The van der Waals surface area contributed by atoms with Crippen molar-refractivity contribution < 1.29 is 4.79 Å². The van der Waals surface area contributed by atoms with E-state index in [2.05, 4.69) is 20.6 Å². The Kier molecular flexibility index (Phi) is 8.18. The number of benzene rings is 1. The second-order valence-electron chi connectivity index (χ2n) is 8.09. The van der Waals surface area contributed by atoms with E-state index in [1.54, 1.807) is 11.3 Å². The maximum Gasteiger partial charge on any atom is 0.230 e. The maximum absolute atomic E-state index is 12.4. The molecule has 9 heteroatoms. The highest BCUT2D eigenvalue weighted by molar-refractivity contribution is 8.01. The van der Waals surface area contributed by atoms with Crippen LogP contribution in [0, 0.1) is 0 Å². The molecule has 170 valence electrons. The van der Waals surface area contributed by atoms with Crippen LogP contribution in [-0.2, 0) is 11.3 Å². The first-order valence-corrected chi connectivity index (χ1v) is 13.3. The van der Waals surface area contributed by atoms with E-state index in [0.717, 1.165) is 66.6 Å². The minimum Gasteiger partial charge on any atom is -0.402 e. The Morgan fingerprint density at radius 2 is 2.03 bits per heavy atom. The predicted octanol–water partition coefficient (Wildman–Crippen LogP) is 5.34. The minimum atomic E-state index is 0.0715. The average molecular weight is 510 g/mol. The number of hydrogen-bond donors (Lipinski definition) is 2. The maximum atomic E-state index is 12.4. The van der Waals surface area contributed by atoms with Gasteiger partial charge in [-0.25, -0.2) is 4.98 Å². The number of hydrogen-bond acceptors (Lipinski definition) is 6. The SMILES string of the molecule is NC1=CC=C(c2csc(SCC(=O)NC3CCN(Cc4ccc(Cl)c(Cl)c4)CC3)n2)CC1. The number of nitrogens with two attached hydrogens (primary N) is 1. The summed E-state index contributed by atoms with van der Waals surface area (Å²) in [5.74, 6) is 0.463. The molecule has 1 aromatic heterocycles. The van der Waals surface area contributed by atoms with E-state index in [1.165, 1.54) is 17.3 Å². The number of thioether (sulfide) groups is 1. The molecular weight excluding hydrogens is 483 g/mol. The number of carbonyl (C=O) groups excluding carboxylic acids is 1. The van der Waals surface area contributed by atoms with E-state index >= 15 is 0 Å². The monoisotopic (exact) mass is 508 g/mol. The molecule has 2 aliphatic rings. The molecule has 1 amide bonds. The Balaban J connectivity index is 1.18. The molecule has 1 aliphatic carbocycles. The zero-order chi connectivity index (χ0) is 22.5. The fourth-order valence-electron chi connectivity index (χ4n) is 3.87. The molecule has 32 heavy (non-hydrogen) atoms. The van der Waals surface area contributed by atoms with Gasteiger partial charge in [-0.05, 0) is 55.0 Å². The third-order valence-corrected chi connectivity index (χ3v) is 8.42. The Labute approximate surface area is 207 Å². The number of carbonyl (C=O) groups is 1. The molecule has 5 nitrogen and oxygen atoms in total. The third-order valence-electron chi connectivity index (χ3n) is 5.66. The van der Waals surface area contributed by atoms with E-state index in [1.807, 2.05) is 30.4 Å². The van der Waals surface area contributed by atoms with Gasteiger partial charge in [-0.15, -0.1) is 11.3 Å². The highest BCUT2D eigenvalue weighted by Crippen LogP contribution is 2.30. The van der Waals surface area contributed by atoms with Crippen LogP contribution in [0.3, 0.4) is 0 Å². The second kappa shape index (κ2) is 11.1. The largest absolute Gasteiger partial charge is 0.402 e. The lowest BCUT2D eigenvalue weighted by Crippen LogP contribution is -2.44. The van der Waals surface area contributed by atoms with Crippen molar-refractivity contribution in [3.05, 3.63) is 62.7 Å². The van der Waals surface area contributed by atoms with Gasteiger partial charge >= 0.3 is 0 Å². The summed E-state index contributed by atoms with van der Waals surface area (Å²) in [4.78, 5) is 19.5. The number of amides is 1. The highest BCUT2D eigenvalue weighted by atomic mass is 35.5. The van der Waals surface area contributed by atoms with Crippen LogP contribution in [0.15, 0.2) is 45.8 Å². The molecular formula is C23H26Cl2N4OS2. The van der Waals surface area contributed by atoms with Crippen LogP contribution in [0.5, 0.6) is 0 Å². The molecule has 2 heterocycles. The summed E-state index contributed by atoms with van der Waals surface area (Å²) in [5, 5.41) is 6.42. The van der Waals surface area contributed by atoms with Crippen molar-refractivity contribution >= 4 is 57.8 Å². The molecule has 1 aromatic carbocycles. The first-order chi connectivity index (χ1) is 15.5. The number of likely N-dealkylation sites (tertiary alicyclic amines) is 1. The lowest BCUT2D eigenvalue weighted by Gasteiger charge is -2.32. The summed E-state index contributed by atoms with van der Waals surface area (Å²) in [6, 6.07) is 6.01. The Bertz CT molecular complexity index is 1030. The first kappa shape index (κ1) is 23.6. The second-order valence-corrected chi connectivity index (χ2v) is 11.0. The Morgan fingerprint density at radius 3 is 2.75 bits per heavy atom. The van der Waals surface area contributed by atoms with E-state index in [-0.39, 0.29) is 11.9 Å². The highest BCUT2D eigenvalue weighted by Gasteiger charge is 2.21. The van der Waals surface area contributed by atoms with Crippen LogP contribution in [-0.4, -0.2) is 40.7 Å². The topological polar surface area (TPSA) is 71.2 Å². The number of nitrogens with one attached hydrogen (secondary N) is 1. The van der Waals surface area contributed by atoms with Crippen LogP contribution in [0.1, 0.15) is 36.9 Å². The predicted molar refractivity (Wildman–Crippen MR) is 135 cm³/mol. The molecule has 0 radical (unpaired) electrons. The van der Waals surface area contributed by atoms with Crippen LogP contribution in [0.25, 0.3) is 5.57 Å². The van der Waals surface area contributed by atoms with Crippen LogP contribution in [0.2, 0.25) is 10.0 Å². The number of rotatable bonds is 7. The summed E-state index contributed by atoms with van der Waals surface area (Å²) in [6.45, 7) is 2.74. The van der Waals surface area contributed by atoms with Gasteiger partial charge in [0.25, 0.3) is 0 Å². The summed E-state index contributed by atoms with van der Waals surface area (Å²) >= 11 is 15.2. The van der Waals surface area contributed by atoms with Crippen LogP contribution < -0.4 is 11.1 Å². The molecule has 0 atom stereocenters. The normalized spacial score (nSPS) is 17.7. The van der Waals surface area contributed by atoms with Gasteiger partial charge in [0.1, 0.15) is 0 Å². The molecule has 3 N–H and O–H groups in total. The number of aromatic nitrogens is 1. The van der Waals surface area contributed by atoms with E-state index < -0.39 is 0 Å². The summed E-state index contributed by atoms with van der Waals surface area (Å²) in [6.07, 6.45) is 7.69.